The molecule has 20 heavy (non-hydrogen) atoms. The zero-order valence-corrected chi connectivity index (χ0v) is 14.2. The summed E-state index contributed by atoms with van der Waals surface area (Å²) in [6.07, 6.45) is 9.51. The second kappa shape index (κ2) is 8.38. The summed E-state index contributed by atoms with van der Waals surface area (Å²) in [6.45, 7) is 5.25. The molecule has 2 rings (SSSR count). The van der Waals surface area contributed by atoms with Crippen LogP contribution in [0.2, 0.25) is 0 Å². The van der Waals surface area contributed by atoms with Gasteiger partial charge in [0.25, 0.3) is 0 Å². The lowest BCUT2D eigenvalue weighted by Gasteiger charge is -2.44. The Kier molecular flexibility index (Phi) is 6.82. The van der Waals surface area contributed by atoms with Gasteiger partial charge in [0.05, 0.1) is 6.61 Å². The number of fused-ring (bicyclic) bond motifs is 1. The van der Waals surface area contributed by atoms with Crippen molar-refractivity contribution in [3.63, 3.8) is 0 Å². The lowest BCUT2D eigenvalue weighted by Crippen LogP contribution is -2.49. The molecule has 4 heteroatoms. The normalized spacial score (nSPS) is 28.7. The highest BCUT2D eigenvalue weighted by Crippen LogP contribution is 2.31. The molecule has 2 aliphatic rings. The lowest BCUT2D eigenvalue weighted by molar-refractivity contribution is -0.146. The minimum Gasteiger partial charge on any atom is -0.464 e. The molecule has 0 aromatic heterocycles. The maximum absolute atomic E-state index is 12.0. The number of halogens is 1. The molecule has 1 unspecified atom stereocenters. The molecule has 0 spiro atoms. The number of alkyl halides is 1. The molecule has 0 amide bonds. The van der Waals surface area contributed by atoms with Crippen LogP contribution in [0.25, 0.3) is 0 Å². The zero-order chi connectivity index (χ0) is 14.4. The van der Waals surface area contributed by atoms with E-state index in [2.05, 4.69) is 27.8 Å². The summed E-state index contributed by atoms with van der Waals surface area (Å²) in [5.41, 5.74) is 0. The van der Waals surface area contributed by atoms with Gasteiger partial charge in [-0.1, -0.05) is 42.1 Å². The fourth-order valence-corrected chi connectivity index (χ4v) is 4.01. The largest absolute Gasteiger partial charge is 0.464 e. The van der Waals surface area contributed by atoms with Gasteiger partial charge in [-0.05, 0) is 45.2 Å². The smallest absolute Gasteiger partial charge is 0.319 e. The van der Waals surface area contributed by atoms with Crippen LogP contribution in [0.5, 0.6) is 0 Å². The number of hydrogen-bond donors (Lipinski definition) is 0. The first-order chi connectivity index (χ1) is 9.72. The summed E-state index contributed by atoms with van der Waals surface area (Å²) >= 11 is 3.45. The summed E-state index contributed by atoms with van der Waals surface area (Å²) in [5.74, 6) is 0.491. The van der Waals surface area contributed by atoms with Gasteiger partial charge in [0, 0.05) is 12.0 Å². The number of carbonyl (C=O) groups is 1. The summed E-state index contributed by atoms with van der Waals surface area (Å²) in [7, 11) is 0. The van der Waals surface area contributed by atoms with E-state index in [1.54, 1.807) is 0 Å². The molecular weight excluding hydrogens is 318 g/mol. The predicted octanol–water partition coefficient (Wildman–Crippen LogP) is 3.75. The van der Waals surface area contributed by atoms with Crippen LogP contribution >= 0.6 is 15.9 Å². The van der Waals surface area contributed by atoms with Gasteiger partial charge >= 0.3 is 5.97 Å². The number of nitrogens with zero attached hydrogens (tertiary/aromatic N) is 1. The highest BCUT2D eigenvalue weighted by atomic mass is 79.9. The van der Waals surface area contributed by atoms with E-state index in [1.165, 1.54) is 45.2 Å². The topological polar surface area (TPSA) is 29.5 Å². The fourth-order valence-electron chi connectivity index (χ4n) is 3.55. The maximum atomic E-state index is 12.0. The standard InChI is InChI=1S/C16H28BrNO2/c1-2-3-8-14(17)16(19)20-12-13-7-6-11-18-10-5-4-9-15(13)18/h13-15H,2-12H2,1H3/t13-,14?,15+/m0/s1. The maximum Gasteiger partial charge on any atom is 0.319 e. The van der Waals surface area contributed by atoms with Gasteiger partial charge in [-0.25, -0.2) is 0 Å². The quantitative estimate of drug-likeness (QED) is 0.542. The van der Waals surface area contributed by atoms with Crippen molar-refractivity contribution in [1.82, 2.24) is 4.90 Å². The van der Waals surface area contributed by atoms with Crippen LogP contribution in [0, 0.1) is 5.92 Å². The van der Waals surface area contributed by atoms with Gasteiger partial charge < -0.3 is 4.74 Å². The summed E-state index contributed by atoms with van der Waals surface area (Å²) in [4.78, 5) is 14.5. The number of carbonyl (C=O) groups excluding carboxylic acids is 1. The van der Waals surface area contributed by atoms with E-state index in [0.29, 0.717) is 18.6 Å². The Morgan fingerprint density at radius 2 is 2.10 bits per heavy atom. The van der Waals surface area contributed by atoms with Gasteiger partial charge in [0.2, 0.25) is 0 Å². The van der Waals surface area contributed by atoms with Crippen molar-refractivity contribution < 1.29 is 9.53 Å². The molecule has 0 saturated carbocycles. The van der Waals surface area contributed by atoms with Gasteiger partial charge in [-0.2, -0.15) is 0 Å². The Bertz CT molecular complexity index is 309. The molecule has 0 aromatic rings. The number of unbranched alkanes of at least 4 members (excludes halogenated alkanes) is 1. The van der Waals surface area contributed by atoms with Crippen LogP contribution in [-0.4, -0.2) is 41.4 Å². The molecule has 2 fully saturated rings. The first-order valence-corrected chi connectivity index (χ1v) is 9.18. The average Bonchev–Trinajstić information content (AvgIpc) is 2.50. The average molecular weight is 346 g/mol. The first kappa shape index (κ1) is 16.3. The first-order valence-electron chi connectivity index (χ1n) is 8.27. The van der Waals surface area contributed by atoms with Gasteiger partial charge in [0.1, 0.15) is 4.83 Å². The van der Waals surface area contributed by atoms with Crippen LogP contribution in [0.3, 0.4) is 0 Å². The third kappa shape index (κ3) is 4.45. The minimum absolute atomic E-state index is 0.0635. The molecule has 3 atom stereocenters. The Labute approximate surface area is 131 Å². The highest BCUT2D eigenvalue weighted by Gasteiger charge is 2.33. The van der Waals surface area contributed by atoms with Crippen molar-refractivity contribution in [1.29, 1.82) is 0 Å². The van der Waals surface area contributed by atoms with Crippen LogP contribution in [-0.2, 0) is 9.53 Å². The van der Waals surface area contributed by atoms with E-state index >= 15 is 0 Å². The molecule has 0 N–H and O–H groups in total. The molecule has 2 aliphatic heterocycles. The number of rotatable bonds is 6. The van der Waals surface area contributed by atoms with Crippen molar-refractivity contribution in [3.05, 3.63) is 0 Å². The van der Waals surface area contributed by atoms with E-state index < -0.39 is 0 Å². The van der Waals surface area contributed by atoms with Gasteiger partial charge in [-0.3, -0.25) is 9.69 Å². The van der Waals surface area contributed by atoms with Crippen molar-refractivity contribution in [2.24, 2.45) is 5.92 Å². The lowest BCUT2D eigenvalue weighted by atomic mass is 9.84. The molecule has 2 heterocycles. The fraction of sp³-hybridized carbons (Fsp3) is 0.938. The van der Waals surface area contributed by atoms with Crippen LogP contribution in [0.15, 0.2) is 0 Å². The number of ether oxygens (including phenoxy) is 1. The highest BCUT2D eigenvalue weighted by molar-refractivity contribution is 9.10. The van der Waals surface area contributed by atoms with E-state index in [9.17, 15) is 4.79 Å². The molecule has 3 nitrogen and oxygen atoms in total. The summed E-state index contributed by atoms with van der Waals surface area (Å²) < 4.78 is 5.58. The van der Waals surface area contributed by atoms with Gasteiger partial charge in [0.15, 0.2) is 0 Å². The second-order valence-corrected chi connectivity index (χ2v) is 7.35. The number of hydrogen-bond acceptors (Lipinski definition) is 3. The third-order valence-corrected chi connectivity index (χ3v) is 5.57. The van der Waals surface area contributed by atoms with Crippen molar-refractivity contribution in [2.45, 2.75) is 69.2 Å². The molecule has 0 aromatic carbocycles. The Balaban J connectivity index is 1.76. The molecule has 116 valence electrons. The second-order valence-electron chi connectivity index (χ2n) is 6.24. The van der Waals surface area contributed by atoms with Crippen molar-refractivity contribution in [2.75, 3.05) is 19.7 Å². The number of esters is 1. The predicted molar refractivity (Wildman–Crippen MR) is 85.1 cm³/mol. The molecule has 0 radical (unpaired) electrons. The van der Waals surface area contributed by atoms with Crippen molar-refractivity contribution in [3.8, 4) is 0 Å². The summed E-state index contributed by atoms with van der Waals surface area (Å²) in [5, 5.41) is 0. The van der Waals surface area contributed by atoms with Gasteiger partial charge in [-0.15, -0.1) is 0 Å². The van der Waals surface area contributed by atoms with E-state index in [4.69, 9.17) is 4.74 Å². The zero-order valence-electron chi connectivity index (χ0n) is 12.7. The molecule has 0 aliphatic carbocycles. The third-order valence-electron chi connectivity index (χ3n) is 4.74. The van der Waals surface area contributed by atoms with Crippen molar-refractivity contribution >= 4 is 21.9 Å². The van der Waals surface area contributed by atoms with Crippen LogP contribution in [0.4, 0.5) is 0 Å². The number of piperidine rings is 2. The minimum atomic E-state index is -0.117. The van der Waals surface area contributed by atoms with E-state index in [-0.39, 0.29) is 10.8 Å². The van der Waals surface area contributed by atoms with Crippen LogP contribution in [0.1, 0.15) is 58.3 Å². The SMILES string of the molecule is CCCCC(Br)C(=O)OC[C@@H]1CCCN2CCCC[C@H]12. The molecule has 0 bridgehead atoms. The summed E-state index contributed by atoms with van der Waals surface area (Å²) in [6, 6.07) is 0.662. The van der Waals surface area contributed by atoms with E-state index in [1.807, 2.05) is 0 Å². The van der Waals surface area contributed by atoms with Crippen LogP contribution < -0.4 is 0 Å². The molecule has 2 saturated heterocycles. The Morgan fingerprint density at radius 3 is 2.90 bits per heavy atom. The Morgan fingerprint density at radius 1 is 1.30 bits per heavy atom. The molecular formula is C16H28BrNO2. The monoisotopic (exact) mass is 345 g/mol. The Hall–Kier alpha value is -0.0900. The van der Waals surface area contributed by atoms with E-state index in [0.717, 1.165) is 19.3 Å².